The van der Waals surface area contributed by atoms with Gasteiger partial charge in [0.2, 0.25) is 0 Å². The average Bonchev–Trinajstić information content (AvgIpc) is 3.01. The van der Waals surface area contributed by atoms with Gasteiger partial charge < -0.3 is 0 Å². The van der Waals surface area contributed by atoms with Crippen LogP contribution < -0.4 is 0 Å². The first kappa shape index (κ1) is 19.9. The van der Waals surface area contributed by atoms with Gasteiger partial charge in [-0.05, 0) is 89.3 Å². The quantitative estimate of drug-likeness (QED) is 0.490. The minimum Gasteiger partial charge on any atom is -0.0766 e. The molecular formula is C27H36. The number of aryl methyl sites for hydroxylation is 1. The molecule has 0 amide bonds. The summed E-state index contributed by atoms with van der Waals surface area (Å²) in [6, 6.07) is 13.7. The molecule has 0 radical (unpaired) electrons. The van der Waals surface area contributed by atoms with Crippen LogP contribution in [0.15, 0.2) is 42.5 Å². The summed E-state index contributed by atoms with van der Waals surface area (Å²) in [5, 5.41) is 0. The molecule has 144 valence electrons. The molecule has 0 spiro atoms. The minimum absolute atomic E-state index is 0.262. The lowest BCUT2D eigenvalue weighted by molar-refractivity contribution is 0.590. The first-order valence-corrected chi connectivity index (χ1v) is 10.7. The summed E-state index contributed by atoms with van der Waals surface area (Å²) in [7, 11) is 0. The Morgan fingerprint density at radius 1 is 0.889 bits per heavy atom. The second kappa shape index (κ2) is 8.05. The van der Waals surface area contributed by atoms with Crippen molar-refractivity contribution in [2.45, 2.75) is 85.0 Å². The summed E-state index contributed by atoms with van der Waals surface area (Å²) >= 11 is 0. The van der Waals surface area contributed by atoms with Crippen molar-refractivity contribution in [1.82, 2.24) is 0 Å². The van der Waals surface area contributed by atoms with Crippen LogP contribution in [0.1, 0.15) is 93.7 Å². The van der Waals surface area contributed by atoms with Gasteiger partial charge in [0, 0.05) is 0 Å². The molecule has 0 aromatic heterocycles. The molecule has 0 fully saturated rings. The molecule has 0 heterocycles. The van der Waals surface area contributed by atoms with E-state index in [1.54, 1.807) is 16.7 Å². The van der Waals surface area contributed by atoms with Gasteiger partial charge in [0.15, 0.2) is 0 Å². The van der Waals surface area contributed by atoms with Gasteiger partial charge >= 0.3 is 0 Å². The van der Waals surface area contributed by atoms with Crippen LogP contribution in [0.5, 0.6) is 0 Å². The van der Waals surface area contributed by atoms with Gasteiger partial charge in [-0.2, -0.15) is 0 Å². The Hall–Kier alpha value is -1.82. The molecule has 0 aliphatic heterocycles. The molecule has 27 heavy (non-hydrogen) atoms. The van der Waals surface area contributed by atoms with Crippen LogP contribution in [-0.2, 0) is 24.7 Å². The monoisotopic (exact) mass is 360 g/mol. The Labute approximate surface area is 166 Å². The predicted molar refractivity (Wildman–Crippen MR) is 120 cm³/mol. The minimum atomic E-state index is 0.262. The zero-order valence-corrected chi connectivity index (χ0v) is 18.2. The summed E-state index contributed by atoms with van der Waals surface area (Å²) in [6.07, 6.45) is 8.81. The van der Waals surface area contributed by atoms with E-state index >= 15 is 0 Å². The van der Waals surface area contributed by atoms with Crippen molar-refractivity contribution in [3.05, 3.63) is 75.9 Å². The maximum atomic E-state index is 2.36. The van der Waals surface area contributed by atoms with Gasteiger partial charge in [0.25, 0.3) is 0 Å². The van der Waals surface area contributed by atoms with E-state index in [-0.39, 0.29) is 5.41 Å². The second-order valence-corrected chi connectivity index (χ2v) is 9.56. The lowest BCUT2D eigenvalue weighted by atomic mass is 9.85. The van der Waals surface area contributed by atoms with E-state index in [0.717, 1.165) is 6.42 Å². The van der Waals surface area contributed by atoms with Gasteiger partial charge in [-0.3, -0.25) is 0 Å². The zero-order chi connectivity index (χ0) is 19.6. The van der Waals surface area contributed by atoms with Crippen LogP contribution in [0.25, 0.3) is 5.57 Å². The summed E-state index contributed by atoms with van der Waals surface area (Å²) < 4.78 is 0. The summed E-state index contributed by atoms with van der Waals surface area (Å²) in [5.74, 6) is 0.688. The number of benzene rings is 2. The molecule has 2 aliphatic rings. The average molecular weight is 361 g/mol. The molecule has 2 aliphatic carbocycles. The maximum Gasteiger partial charge on any atom is -0.00855 e. The van der Waals surface area contributed by atoms with Crippen molar-refractivity contribution in [3.63, 3.8) is 0 Å². The van der Waals surface area contributed by atoms with E-state index < -0.39 is 0 Å². The van der Waals surface area contributed by atoms with E-state index in [1.807, 2.05) is 0 Å². The summed E-state index contributed by atoms with van der Waals surface area (Å²) in [5.41, 5.74) is 10.9. The highest BCUT2D eigenvalue weighted by Crippen LogP contribution is 2.32. The zero-order valence-electron chi connectivity index (χ0n) is 18.2. The fraction of sp³-hybridized carbons (Fsp3) is 0.481. The highest BCUT2D eigenvalue weighted by Gasteiger charge is 2.17. The molecule has 0 atom stereocenters. The lowest BCUT2D eigenvalue weighted by Crippen LogP contribution is -2.11. The van der Waals surface area contributed by atoms with Crippen LogP contribution in [0.4, 0.5) is 0 Å². The number of hydrogen-bond donors (Lipinski definition) is 0. The summed E-state index contributed by atoms with van der Waals surface area (Å²) in [6.45, 7) is 13.6. The molecule has 2 aromatic carbocycles. The topological polar surface area (TPSA) is 0 Å². The van der Waals surface area contributed by atoms with E-state index in [0.29, 0.717) is 5.92 Å². The Morgan fingerprint density at radius 2 is 1.63 bits per heavy atom. The highest BCUT2D eigenvalue weighted by atomic mass is 14.2. The third-order valence-corrected chi connectivity index (χ3v) is 6.08. The van der Waals surface area contributed by atoms with Crippen LogP contribution in [-0.4, -0.2) is 0 Å². The van der Waals surface area contributed by atoms with Gasteiger partial charge in [-0.15, -0.1) is 0 Å². The van der Waals surface area contributed by atoms with Crippen LogP contribution in [0.2, 0.25) is 0 Å². The molecule has 0 saturated carbocycles. The normalized spacial score (nSPS) is 15.6. The Kier molecular flexibility index (Phi) is 5.94. The lowest BCUT2D eigenvalue weighted by Gasteiger charge is -2.21. The molecule has 0 bridgehead atoms. The first-order chi connectivity index (χ1) is 12.8. The standard InChI is InChI=1S/C14H18.C13H18/c1-10-5-6-11-7-8-12(9-13(10)11)14(2,3)4;1-10(2)12-9-5-7-11-6-3-4-8-13(11)12/h5,7-9H,6H2,1-4H3;5,7,9-10H,3-4,6,8H2,1-2H3. The Morgan fingerprint density at radius 3 is 2.33 bits per heavy atom. The van der Waals surface area contributed by atoms with E-state index in [4.69, 9.17) is 0 Å². The largest absolute Gasteiger partial charge is 0.0766 e. The number of rotatable bonds is 1. The van der Waals surface area contributed by atoms with Gasteiger partial charge in [-0.1, -0.05) is 77.1 Å². The number of allylic oxidation sites excluding steroid dienone is 2. The molecular weight excluding hydrogens is 324 g/mol. The molecule has 0 unspecified atom stereocenters. The van der Waals surface area contributed by atoms with Crippen molar-refractivity contribution < 1.29 is 0 Å². The van der Waals surface area contributed by atoms with Gasteiger partial charge in [0.1, 0.15) is 0 Å². The molecule has 4 rings (SSSR count). The van der Waals surface area contributed by atoms with Crippen molar-refractivity contribution in [2.24, 2.45) is 0 Å². The molecule has 0 N–H and O–H groups in total. The SMILES string of the molecule is CC(C)c1cccc2c1CCCC2.CC1=CCc2ccc(C(C)(C)C)cc21. The Bertz CT molecular complexity index is 828. The second-order valence-electron chi connectivity index (χ2n) is 9.56. The molecule has 0 heteroatoms. The highest BCUT2D eigenvalue weighted by molar-refractivity contribution is 5.72. The maximum absolute atomic E-state index is 2.36. The number of hydrogen-bond acceptors (Lipinski definition) is 0. The summed E-state index contributed by atoms with van der Waals surface area (Å²) in [4.78, 5) is 0. The van der Waals surface area contributed by atoms with Crippen molar-refractivity contribution >= 4 is 5.57 Å². The third kappa shape index (κ3) is 4.54. The van der Waals surface area contributed by atoms with Crippen molar-refractivity contribution in [1.29, 1.82) is 0 Å². The van der Waals surface area contributed by atoms with E-state index in [1.165, 1.54) is 47.9 Å². The fourth-order valence-electron chi connectivity index (χ4n) is 4.31. The van der Waals surface area contributed by atoms with Crippen molar-refractivity contribution in [3.8, 4) is 0 Å². The fourth-order valence-corrected chi connectivity index (χ4v) is 4.31. The first-order valence-electron chi connectivity index (χ1n) is 10.7. The smallest absolute Gasteiger partial charge is 0.00855 e. The molecule has 0 saturated heterocycles. The van der Waals surface area contributed by atoms with Crippen LogP contribution in [0.3, 0.4) is 0 Å². The van der Waals surface area contributed by atoms with Crippen molar-refractivity contribution in [2.75, 3.05) is 0 Å². The predicted octanol–water partition coefficient (Wildman–Crippen LogP) is 7.63. The van der Waals surface area contributed by atoms with Crippen LogP contribution >= 0.6 is 0 Å². The van der Waals surface area contributed by atoms with Gasteiger partial charge in [-0.25, -0.2) is 0 Å². The van der Waals surface area contributed by atoms with E-state index in [9.17, 15) is 0 Å². The van der Waals surface area contributed by atoms with E-state index in [2.05, 4.69) is 84.0 Å². The number of fused-ring (bicyclic) bond motifs is 2. The van der Waals surface area contributed by atoms with Gasteiger partial charge in [0.05, 0.1) is 0 Å². The molecule has 2 aromatic rings. The Balaban J connectivity index is 0.000000156. The van der Waals surface area contributed by atoms with Crippen LogP contribution in [0, 0.1) is 0 Å². The molecule has 0 nitrogen and oxygen atoms in total. The third-order valence-electron chi connectivity index (χ3n) is 6.08.